The Morgan fingerprint density at radius 1 is 1.04 bits per heavy atom. The van der Waals surface area contributed by atoms with E-state index in [2.05, 4.69) is 74.0 Å². The molecule has 0 radical (unpaired) electrons. The van der Waals surface area contributed by atoms with Gasteiger partial charge in [0.2, 0.25) is 5.91 Å². The second kappa shape index (κ2) is 8.05. The molecule has 0 spiro atoms. The molecule has 1 heterocycles. The molecule has 0 saturated carbocycles. The predicted molar refractivity (Wildman–Crippen MR) is 107 cm³/mol. The van der Waals surface area contributed by atoms with E-state index in [1.54, 1.807) is 0 Å². The molecule has 0 bridgehead atoms. The maximum absolute atomic E-state index is 13.1. The van der Waals surface area contributed by atoms with Gasteiger partial charge in [0.25, 0.3) is 0 Å². The molecule has 0 aliphatic carbocycles. The van der Waals surface area contributed by atoms with Crippen LogP contribution in [0.25, 0.3) is 0 Å². The number of carbonyl (C=O) groups excluding carboxylic acids is 1. The zero-order chi connectivity index (χ0) is 18.7. The lowest BCUT2D eigenvalue weighted by Gasteiger charge is -2.40. The van der Waals surface area contributed by atoms with E-state index in [0.717, 1.165) is 26.1 Å². The molecule has 2 aromatic rings. The van der Waals surface area contributed by atoms with Gasteiger partial charge in [0.15, 0.2) is 0 Å². The van der Waals surface area contributed by atoms with Crippen molar-refractivity contribution in [3.63, 3.8) is 0 Å². The monoisotopic (exact) mass is 350 g/mol. The summed E-state index contributed by atoms with van der Waals surface area (Å²) in [6.07, 6.45) is 1.41. The van der Waals surface area contributed by atoms with Crippen LogP contribution in [0.2, 0.25) is 0 Å². The maximum Gasteiger partial charge on any atom is 0.223 e. The Morgan fingerprint density at radius 2 is 1.69 bits per heavy atom. The topological polar surface area (TPSA) is 23.6 Å². The van der Waals surface area contributed by atoms with Crippen molar-refractivity contribution in [2.75, 3.05) is 26.7 Å². The van der Waals surface area contributed by atoms with E-state index in [9.17, 15) is 4.79 Å². The van der Waals surface area contributed by atoms with Crippen molar-refractivity contribution in [2.45, 2.75) is 39.7 Å². The van der Waals surface area contributed by atoms with Crippen LogP contribution in [-0.2, 0) is 11.2 Å². The van der Waals surface area contributed by atoms with Gasteiger partial charge in [0, 0.05) is 26.1 Å². The first-order valence-electron chi connectivity index (χ1n) is 9.55. The van der Waals surface area contributed by atoms with Gasteiger partial charge >= 0.3 is 0 Å². The van der Waals surface area contributed by atoms with Crippen molar-refractivity contribution in [3.05, 3.63) is 70.3 Å². The van der Waals surface area contributed by atoms with Gasteiger partial charge in [0.05, 0.1) is 6.04 Å². The van der Waals surface area contributed by atoms with Gasteiger partial charge in [-0.25, -0.2) is 0 Å². The third-order valence-corrected chi connectivity index (χ3v) is 5.52. The maximum atomic E-state index is 13.1. The van der Waals surface area contributed by atoms with Crippen molar-refractivity contribution < 1.29 is 4.79 Å². The highest BCUT2D eigenvalue weighted by Gasteiger charge is 2.29. The lowest BCUT2D eigenvalue weighted by Crippen LogP contribution is -2.49. The van der Waals surface area contributed by atoms with Crippen molar-refractivity contribution in [1.29, 1.82) is 0 Å². The lowest BCUT2D eigenvalue weighted by atomic mass is 9.95. The van der Waals surface area contributed by atoms with Gasteiger partial charge in [-0.1, -0.05) is 48.0 Å². The average Bonchev–Trinajstić information content (AvgIpc) is 2.61. The smallest absolute Gasteiger partial charge is 0.223 e. The third kappa shape index (κ3) is 4.16. The summed E-state index contributed by atoms with van der Waals surface area (Å²) in [5.41, 5.74) is 6.45. The minimum Gasteiger partial charge on any atom is -0.333 e. The van der Waals surface area contributed by atoms with Crippen LogP contribution in [0.3, 0.4) is 0 Å². The van der Waals surface area contributed by atoms with Crippen LogP contribution in [0.4, 0.5) is 0 Å². The Kier molecular flexibility index (Phi) is 5.77. The molecule has 0 unspecified atom stereocenters. The first-order chi connectivity index (χ1) is 12.5. The SMILES string of the molecule is Cc1cc(C)c(CCC(=O)N2CCN(C)C[C@@H]2c2ccccc2)c(C)c1. The number of hydrogen-bond acceptors (Lipinski definition) is 2. The number of nitrogens with zero attached hydrogens (tertiary/aromatic N) is 2. The van der Waals surface area contributed by atoms with Gasteiger partial charge in [-0.2, -0.15) is 0 Å². The molecule has 1 atom stereocenters. The summed E-state index contributed by atoms with van der Waals surface area (Å²) in [6, 6.07) is 15.0. The molecule has 138 valence electrons. The van der Waals surface area contributed by atoms with Crippen LogP contribution in [0.15, 0.2) is 42.5 Å². The predicted octanol–water partition coefficient (Wildman–Crippen LogP) is 4.06. The van der Waals surface area contributed by atoms with Gasteiger partial charge in [-0.05, 0) is 56.5 Å². The van der Waals surface area contributed by atoms with E-state index in [0.29, 0.717) is 6.42 Å². The molecule has 0 aromatic heterocycles. The van der Waals surface area contributed by atoms with Gasteiger partial charge in [-0.3, -0.25) is 4.79 Å². The lowest BCUT2D eigenvalue weighted by molar-refractivity contribution is -0.136. The van der Waals surface area contributed by atoms with Crippen LogP contribution in [0.5, 0.6) is 0 Å². The Balaban J connectivity index is 1.73. The summed E-state index contributed by atoms with van der Waals surface area (Å²) in [6.45, 7) is 9.09. The molecular weight excluding hydrogens is 320 g/mol. The van der Waals surface area contributed by atoms with E-state index in [1.807, 2.05) is 6.07 Å². The van der Waals surface area contributed by atoms with E-state index in [1.165, 1.54) is 27.8 Å². The zero-order valence-corrected chi connectivity index (χ0v) is 16.5. The zero-order valence-electron chi connectivity index (χ0n) is 16.5. The fraction of sp³-hybridized carbons (Fsp3) is 0.435. The molecule has 3 nitrogen and oxygen atoms in total. The quantitative estimate of drug-likeness (QED) is 0.830. The first-order valence-corrected chi connectivity index (χ1v) is 9.55. The fourth-order valence-electron chi connectivity index (χ4n) is 4.16. The molecule has 1 saturated heterocycles. The van der Waals surface area contributed by atoms with E-state index in [-0.39, 0.29) is 11.9 Å². The highest BCUT2D eigenvalue weighted by molar-refractivity contribution is 5.77. The fourth-order valence-corrected chi connectivity index (χ4v) is 4.16. The first kappa shape index (κ1) is 18.7. The summed E-state index contributed by atoms with van der Waals surface area (Å²) >= 11 is 0. The minimum atomic E-state index is 0.155. The number of benzene rings is 2. The van der Waals surface area contributed by atoms with Crippen LogP contribution in [0, 0.1) is 20.8 Å². The number of hydrogen-bond donors (Lipinski definition) is 0. The Labute approximate surface area is 157 Å². The Morgan fingerprint density at radius 3 is 2.35 bits per heavy atom. The molecule has 0 N–H and O–H groups in total. The molecular formula is C23H30N2O. The summed E-state index contributed by atoms with van der Waals surface area (Å²) in [7, 11) is 2.14. The molecule has 26 heavy (non-hydrogen) atoms. The van der Waals surface area contributed by atoms with Crippen LogP contribution >= 0.6 is 0 Å². The van der Waals surface area contributed by atoms with Crippen LogP contribution in [0.1, 0.15) is 40.3 Å². The van der Waals surface area contributed by atoms with Crippen LogP contribution in [-0.4, -0.2) is 42.4 Å². The van der Waals surface area contributed by atoms with E-state index >= 15 is 0 Å². The van der Waals surface area contributed by atoms with E-state index < -0.39 is 0 Å². The molecule has 1 fully saturated rings. The number of piperazine rings is 1. The van der Waals surface area contributed by atoms with Crippen molar-refractivity contribution >= 4 is 5.91 Å². The average molecular weight is 351 g/mol. The second-order valence-electron chi connectivity index (χ2n) is 7.65. The summed E-state index contributed by atoms with van der Waals surface area (Å²) in [5.74, 6) is 0.270. The van der Waals surface area contributed by atoms with Crippen molar-refractivity contribution in [1.82, 2.24) is 9.80 Å². The Hall–Kier alpha value is -2.13. The second-order valence-corrected chi connectivity index (χ2v) is 7.65. The van der Waals surface area contributed by atoms with Crippen molar-refractivity contribution in [2.24, 2.45) is 0 Å². The van der Waals surface area contributed by atoms with Crippen molar-refractivity contribution in [3.8, 4) is 0 Å². The largest absolute Gasteiger partial charge is 0.333 e. The summed E-state index contributed by atoms with van der Waals surface area (Å²) < 4.78 is 0. The summed E-state index contributed by atoms with van der Waals surface area (Å²) in [5, 5.41) is 0. The third-order valence-electron chi connectivity index (χ3n) is 5.52. The molecule has 1 amide bonds. The Bertz CT molecular complexity index is 746. The molecule has 1 aliphatic rings. The van der Waals surface area contributed by atoms with Gasteiger partial charge < -0.3 is 9.80 Å². The number of rotatable bonds is 4. The highest BCUT2D eigenvalue weighted by Crippen LogP contribution is 2.26. The molecule has 2 aromatic carbocycles. The number of amides is 1. The number of aryl methyl sites for hydroxylation is 3. The molecule has 1 aliphatic heterocycles. The van der Waals surface area contributed by atoms with Gasteiger partial charge in [-0.15, -0.1) is 0 Å². The van der Waals surface area contributed by atoms with Gasteiger partial charge in [0.1, 0.15) is 0 Å². The van der Waals surface area contributed by atoms with Crippen LogP contribution < -0.4 is 0 Å². The standard InChI is InChI=1S/C23H30N2O/c1-17-14-18(2)21(19(3)15-17)10-11-23(26)25-13-12-24(4)16-22(25)20-8-6-5-7-9-20/h5-9,14-15,22H,10-13,16H2,1-4H3/t22-/m1/s1. The normalized spacial score (nSPS) is 18.2. The number of carbonyl (C=O) groups is 1. The molecule has 3 rings (SSSR count). The summed E-state index contributed by atoms with van der Waals surface area (Å²) in [4.78, 5) is 17.5. The number of likely N-dealkylation sites (N-methyl/N-ethyl adjacent to an activating group) is 1. The highest BCUT2D eigenvalue weighted by atomic mass is 16.2. The minimum absolute atomic E-state index is 0.155. The molecule has 3 heteroatoms. The van der Waals surface area contributed by atoms with E-state index in [4.69, 9.17) is 0 Å².